The summed E-state index contributed by atoms with van der Waals surface area (Å²) in [5.41, 5.74) is 7.53. The van der Waals surface area contributed by atoms with Crippen molar-refractivity contribution in [3.8, 4) is 11.1 Å². The number of amides is 1. The van der Waals surface area contributed by atoms with Crippen LogP contribution in [0.1, 0.15) is 41.1 Å². The molecule has 0 aliphatic carbocycles. The minimum Gasteiger partial charge on any atom is -0.392 e. The molecule has 226 valence electrons. The minimum atomic E-state index is -2.03. The van der Waals surface area contributed by atoms with Gasteiger partial charge < -0.3 is 24.5 Å². The second-order valence-electron chi connectivity index (χ2n) is 10.7. The number of aliphatic hydroxyl groups is 1. The van der Waals surface area contributed by atoms with Crippen LogP contribution in [-0.2, 0) is 34.0 Å². The number of rotatable bonds is 8. The van der Waals surface area contributed by atoms with Gasteiger partial charge in [-0.05, 0) is 39.9 Å². The molecule has 1 amide bonds. The van der Waals surface area contributed by atoms with Crippen LogP contribution in [0.2, 0.25) is 0 Å². The number of halogens is 3. The monoisotopic (exact) mass is 649 g/mol. The number of aromatic nitrogens is 2. The van der Waals surface area contributed by atoms with Crippen LogP contribution in [-0.4, -0.2) is 30.5 Å². The number of benzene rings is 4. The lowest BCUT2D eigenvalue weighted by molar-refractivity contribution is -0.252. The number of imidazole rings is 1. The number of hydrogen-bond acceptors (Lipinski definition) is 5. The van der Waals surface area contributed by atoms with Gasteiger partial charge in [0, 0.05) is 18.5 Å². The molecule has 1 aliphatic rings. The van der Waals surface area contributed by atoms with E-state index in [-0.39, 0.29) is 25.4 Å². The number of nitrogens with zero attached hydrogens (tertiary/aromatic N) is 2. The molecule has 4 aromatic carbocycles. The molecule has 0 spiro atoms. The topological polar surface area (TPSA) is 85.6 Å². The first-order valence-electron chi connectivity index (χ1n) is 14.2. The standard InChI is InChI=1S/C34H30Cl3N3O4/c35-34(36,37)33(42)38-18-26-5-1-2-6-28(26)23-13-15-25(16-14-23)32-43-27(19-40-21-39-29-7-3-4-8-30(29)40)17-31(44-32)24-11-9-22(20-41)10-12-24/h1-16,21,27,31-32,41H,17-20H2,(H,38,42). The SMILES string of the molecule is O=C(NCc1ccccc1-c1ccc(C2OC(Cn3cnc4ccccc43)CC(c3ccc(CO)cc3)O2)cc1)C(Cl)(Cl)Cl. The second-order valence-corrected chi connectivity index (χ2v) is 13.0. The number of nitrogens with one attached hydrogen (secondary N) is 1. The molecular weight excluding hydrogens is 621 g/mol. The van der Waals surface area contributed by atoms with Crippen LogP contribution < -0.4 is 5.32 Å². The minimum absolute atomic E-state index is 0.0113. The van der Waals surface area contributed by atoms with Crippen molar-refractivity contribution in [1.82, 2.24) is 14.9 Å². The molecule has 6 rings (SSSR count). The van der Waals surface area contributed by atoms with E-state index in [1.165, 1.54) is 0 Å². The number of hydrogen-bond donors (Lipinski definition) is 2. The molecule has 1 fully saturated rings. The van der Waals surface area contributed by atoms with Crippen LogP contribution in [0.5, 0.6) is 0 Å². The Balaban J connectivity index is 1.24. The normalized spacial score (nSPS) is 18.8. The van der Waals surface area contributed by atoms with E-state index in [9.17, 15) is 9.90 Å². The first kappa shape index (κ1) is 30.6. The van der Waals surface area contributed by atoms with E-state index in [1.807, 2.05) is 97.3 Å². The van der Waals surface area contributed by atoms with E-state index >= 15 is 0 Å². The number of fused-ring (bicyclic) bond motifs is 1. The van der Waals surface area contributed by atoms with Crippen molar-refractivity contribution in [2.45, 2.75) is 48.4 Å². The zero-order chi connectivity index (χ0) is 30.7. The third-order valence-corrected chi connectivity index (χ3v) is 8.27. The number of carbonyl (C=O) groups is 1. The summed E-state index contributed by atoms with van der Waals surface area (Å²) in [5, 5.41) is 12.2. The maximum Gasteiger partial charge on any atom is 0.272 e. The predicted octanol–water partition coefficient (Wildman–Crippen LogP) is 7.43. The van der Waals surface area contributed by atoms with Gasteiger partial charge in [-0.25, -0.2) is 4.98 Å². The first-order valence-corrected chi connectivity index (χ1v) is 15.4. The lowest BCUT2D eigenvalue weighted by Crippen LogP contribution is -2.34. The Morgan fingerprint density at radius 3 is 2.36 bits per heavy atom. The number of carbonyl (C=O) groups excluding carboxylic acids is 1. The largest absolute Gasteiger partial charge is 0.392 e. The molecule has 0 bridgehead atoms. The molecule has 1 saturated heterocycles. The summed E-state index contributed by atoms with van der Waals surface area (Å²) in [4.78, 5) is 16.7. The zero-order valence-electron chi connectivity index (χ0n) is 23.6. The molecule has 1 aliphatic heterocycles. The second kappa shape index (κ2) is 13.3. The fourth-order valence-corrected chi connectivity index (χ4v) is 5.66. The highest BCUT2D eigenvalue weighted by Crippen LogP contribution is 2.39. The van der Waals surface area contributed by atoms with Gasteiger partial charge in [-0.15, -0.1) is 0 Å². The predicted molar refractivity (Wildman–Crippen MR) is 172 cm³/mol. The van der Waals surface area contributed by atoms with Crippen LogP contribution in [0.4, 0.5) is 0 Å². The average molecular weight is 651 g/mol. The highest BCUT2D eigenvalue weighted by Gasteiger charge is 2.33. The van der Waals surface area contributed by atoms with Crippen LogP contribution in [0, 0.1) is 0 Å². The summed E-state index contributed by atoms with van der Waals surface area (Å²) >= 11 is 17.2. The van der Waals surface area contributed by atoms with Gasteiger partial charge in [0.25, 0.3) is 9.70 Å². The third kappa shape index (κ3) is 6.94. The summed E-state index contributed by atoms with van der Waals surface area (Å²) in [6.45, 7) is 0.820. The van der Waals surface area contributed by atoms with Crippen LogP contribution in [0.3, 0.4) is 0 Å². The molecule has 2 N–H and O–H groups in total. The number of aliphatic hydroxyl groups excluding tert-OH is 1. The van der Waals surface area contributed by atoms with E-state index in [2.05, 4.69) is 20.9 Å². The van der Waals surface area contributed by atoms with Crippen LogP contribution >= 0.6 is 34.8 Å². The Morgan fingerprint density at radius 1 is 0.909 bits per heavy atom. The quantitative estimate of drug-likeness (QED) is 0.171. The molecule has 1 aromatic heterocycles. The van der Waals surface area contributed by atoms with Crippen molar-refractivity contribution < 1.29 is 19.4 Å². The smallest absolute Gasteiger partial charge is 0.272 e. The lowest BCUT2D eigenvalue weighted by atomic mass is 9.97. The van der Waals surface area contributed by atoms with Gasteiger partial charge in [0.05, 0.1) is 42.7 Å². The van der Waals surface area contributed by atoms with E-state index in [1.54, 1.807) is 0 Å². The van der Waals surface area contributed by atoms with E-state index in [0.29, 0.717) is 13.0 Å². The van der Waals surface area contributed by atoms with Gasteiger partial charge in [0.1, 0.15) is 0 Å². The van der Waals surface area contributed by atoms with Gasteiger partial charge in [-0.2, -0.15) is 0 Å². The molecular formula is C34H30Cl3N3O4. The number of alkyl halides is 3. The van der Waals surface area contributed by atoms with Crippen molar-refractivity contribution in [1.29, 1.82) is 0 Å². The lowest BCUT2D eigenvalue weighted by Gasteiger charge is -2.36. The summed E-state index contributed by atoms with van der Waals surface area (Å²) in [6.07, 6.45) is 1.57. The van der Waals surface area contributed by atoms with Crippen LogP contribution in [0.15, 0.2) is 103 Å². The van der Waals surface area contributed by atoms with E-state index in [4.69, 9.17) is 44.3 Å². The highest BCUT2D eigenvalue weighted by molar-refractivity contribution is 6.76. The molecule has 10 heteroatoms. The third-order valence-electron chi connectivity index (χ3n) is 7.75. The Labute approximate surface area is 270 Å². The van der Waals surface area contributed by atoms with Gasteiger partial charge in [0.15, 0.2) is 6.29 Å². The summed E-state index contributed by atoms with van der Waals surface area (Å²) in [6, 6.07) is 31.7. The molecule has 3 atom stereocenters. The zero-order valence-corrected chi connectivity index (χ0v) is 25.8. The van der Waals surface area contributed by atoms with Crippen molar-refractivity contribution in [3.63, 3.8) is 0 Å². The summed E-state index contributed by atoms with van der Waals surface area (Å²) in [7, 11) is 0. The average Bonchev–Trinajstić information content (AvgIpc) is 3.45. The molecule has 7 nitrogen and oxygen atoms in total. The fourth-order valence-electron chi connectivity index (χ4n) is 5.46. The van der Waals surface area contributed by atoms with Crippen molar-refractivity contribution in [2.75, 3.05) is 0 Å². The molecule has 0 saturated carbocycles. The van der Waals surface area contributed by atoms with Crippen molar-refractivity contribution in [3.05, 3.63) is 126 Å². The highest BCUT2D eigenvalue weighted by atomic mass is 35.6. The fraction of sp³-hybridized carbons (Fsp3) is 0.235. The van der Waals surface area contributed by atoms with E-state index < -0.39 is 16.0 Å². The van der Waals surface area contributed by atoms with E-state index in [0.717, 1.165) is 44.4 Å². The molecule has 3 unspecified atom stereocenters. The maximum atomic E-state index is 12.1. The van der Waals surface area contributed by atoms with Crippen molar-refractivity contribution in [2.24, 2.45) is 0 Å². The molecule has 5 aromatic rings. The number of ether oxygens (including phenoxy) is 2. The Kier molecular flexibility index (Phi) is 9.23. The van der Waals surface area contributed by atoms with Gasteiger partial charge >= 0.3 is 0 Å². The molecule has 2 heterocycles. The maximum absolute atomic E-state index is 12.1. The van der Waals surface area contributed by atoms with Gasteiger partial charge in [-0.3, -0.25) is 4.79 Å². The van der Waals surface area contributed by atoms with Gasteiger partial charge in [-0.1, -0.05) is 120 Å². The van der Waals surface area contributed by atoms with Gasteiger partial charge in [0.2, 0.25) is 0 Å². The summed E-state index contributed by atoms with van der Waals surface area (Å²) in [5.74, 6) is -0.682. The Hall–Kier alpha value is -3.43. The molecule has 0 radical (unpaired) electrons. The first-order chi connectivity index (χ1) is 21.3. The van der Waals surface area contributed by atoms with Crippen molar-refractivity contribution >= 4 is 51.7 Å². The Bertz CT molecular complexity index is 1740. The number of para-hydroxylation sites is 2. The Morgan fingerprint density at radius 2 is 1.61 bits per heavy atom. The molecule has 44 heavy (non-hydrogen) atoms. The summed E-state index contributed by atoms with van der Waals surface area (Å²) < 4.78 is 13.2. The van der Waals surface area contributed by atoms with Crippen LogP contribution in [0.25, 0.3) is 22.2 Å².